The van der Waals surface area contributed by atoms with E-state index in [0.29, 0.717) is 5.56 Å². The summed E-state index contributed by atoms with van der Waals surface area (Å²) in [5.74, 6) is -0.749. The molecule has 0 bridgehead atoms. The molecule has 0 aliphatic rings. The Morgan fingerprint density at radius 3 is 2.36 bits per heavy atom. The topological polar surface area (TPSA) is 161 Å². The molecule has 2 N–H and O–H groups in total. The van der Waals surface area contributed by atoms with Gasteiger partial charge in [-0.2, -0.15) is 10.5 Å². The molecule has 0 saturated carbocycles. The van der Waals surface area contributed by atoms with Gasteiger partial charge in [0.1, 0.15) is 6.33 Å². The molecule has 0 saturated heterocycles. The van der Waals surface area contributed by atoms with Crippen LogP contribution in [0.3, 0.4) is 0 Å². The number of carbonyl (C=O) groups excluding carboxylic acids is 1. The predicted octanol–water partition coefficient (Wildman–Crippen LogP) is 1.78. The average molecular weight is 380 g/mol. The molecular weight excluding hydrogens is 364 g/mol. The zero-order chi connectivity index (χ0) is 20.4. The van der Waals surface area contributed by atoms with Crippen LogP contribution in [-0.4, -0.2) is 33.9 Å². The maximum Gasteiger partial charge on any atom is 0.355 e. The highest BCUT2D eigenvalue weighted by Gasteiger charge is 2.27. The van der Waals surface area contributed by atoms with Crippen molar-refractivity contribution in [1.82, 2.24) is 15.4 Å². The number of rotatable bonds is 9. The Bertz CT molecular complexity index is 902. The molecule has 11 heteroatoms. The number of benzene rings is 1. The normalized spacial score (nSPS) is 9.64. The molecule has 1 amide bonds. The number of amides is 1. The Morgan fingerprint density at radius 2 is 1.79 bits per heavy atom. The van der Waals surface area contributed by atoms with Crippen molar-refractivity contribution in [3.63, 3.8) is 0 Å². The second-order valence-corrected chi connectivity index (χ2v) is 5.40. The van der Waals surface area contributed by atoms with E-state index < -0.39 is 16.5 Å². The molecule has 11 nitrogen and oxygen atoms in total. The highest BCUT2D eigenvalue weighted by molar-refractivity contribution is 5.95. The molecule has 0 atom stereocenters. The smallest absolute Gasteiger partial charge is 0.349 e. The third kappa shape index (κ3) is 5.12. The standard InChI is InChI=1S/C17H16N8O3/c18-8-4-10-24(11-5-9-19)16-14(25(27)28)15(20-12-21-16)22-23-17(26)13-6-2-1-3-7-13/h1-3,6-7,12H,4-5,10-11H2,(H,23,26)(H,20,21,22). The van der Waals surface area contributed by atoms with Crippen molar-refractivity contribution < 1.29 is 9.72 Å². The molecule has 0 radical (unpaired) electrons. The number of nitrogens with zero attached hydrogens (tertiary/aromatic N) is 6. The Hall–Kier alpha value is -4.25. The SMILES string of the molecule is N#CCCN(CCC#N)c1ncnc(NNC(=O)c2ccccc2)c1[N+](=O)[O-]. The molecule has 0 aliphatic carbocycles. The molecule has 2 aromatic rings. The van der Waals surface area contributed by atoms with Crippen molar-refractivity contribution in [2.24, 2.45) is 0 Å². The lowest BCUT2D eigenvalue weighted by molar-refractivity contribution is -0.383. The van der Waals surface area contributed by atoms with Crippen LogP contribution in [0.4, 0.5) is 17.3 Å². The van der Waals surface area contributed by atoms with Gasteiger partial charge in [-0.3, -0.25) is 25.8 Å². The van der Waals surface area contributed by atoms with E-state index in [2.05, 4.69) is 20.8 Å². The van der Waals surface area contributed by atoms with Gasteiger partial charge in [-0.15, -0.1) is 0 Å². The summed E-state index contributed by atoms with van der Waals surface area (Å²) in [5, 5.41) is 29.2. The van der Waals surface area contributed by atoms with Gasteiger partial charge in [0.15, 0.2) is 0 Å². The molecule has 142 valence electrons. The van der Waals surface area contributed by atoms with Gasteiger partial charge in [-0.05, 0) is 12.1 Å². The van der Waals surface area contributed by atoms with Crippen LogP contribution < -0.4 is 15.8 Å². The number of nitriles is 2. The minimum atomic E-state index is -0.682. The summed E-state index contributed by atoms with van der Waals surface area (Å²) in [6.45, 7) is 0.317. The molecule has 1 aromatic carbocycles. The predicted molar refractivity (Wildman–Crippen MR) is 98.9 cm³/mol. The number of hydrazine groups is 1. The number of nitro groups is 1. The molecule has 1 heterocycles. The first kappa shape index (κ1) is 20.1. The maximum atomic E-state index is 12.1. The third-order valence-corrected chi connectivity index (χ3v) is 3.60. The average Bonchev–Trinajstić information content (AvgIpc) is 2.72. The van der Waals surface area contributed by atoms with Crippen LogP contribution in [0.2, 0.25) is 0 Å². The van der Waals surface area contributed by atoms with E-state index in [1.165, 1.54) is 4.90 Å². The van der Waals surface area contributed by atoms with Crippen molar-refractivity contribution >= 4 is 23.2 Å². The van der Waals surface area contributed by atoms with Crippen LogP contribution in [0.1, 0.15) is 23.2 Å². The van der Waals surface area contributed by atoms with Crippen LogP contribution in [0, 0.1) is 32.8 Å². The Kier molecular flexibility index (Phi) is 7.19. The van der Waals surface area contributed by atoms with Crippen LogP contribution in [0.15, 0.2) is 36.7 Å². The Labute approximate surface area is 160 Å². The number of hydrogen-bond acceptors (Lipinski definition) is 9. The summed E-state index contributed by atoms with van der Waals surface area (Å²) in [5.41, 5.74) is 4.70. The Morgan fingerprint density at radius 1 is 1.14 bits per heavy atom. The zero-order valence-electron chi connectivity index (χ0n) is 14.7. The van der Waals surface area contributed by atoms with Gasteiger partial charge in [0.2, 0.25) is 11.6 Å². The van der Waals surface area contributed by atoms with E-state index in [1.54, 1.807) is 30.3 Å². The second-order valence-electron chi connectivity index (χ2n) is 5.40. The zero-order valence-corrected chi connectivity index (χ0v) is 14.7. The molecule has 0 fully saturated rings. The molecule has 0 spiro atoms. The van der Waals surface area contributed by atoms with Crippen LogP contribution in [0.25, 0.3) is 0 Å². The first-order chi connectivity index (χ1) is 13.6. The lowest BCUT2D eigenvalue weighted by Crippen LogP contribution is -2.31. The number of aromatic nitrogens is 2. The quantitative estimate of drug-likeness (QED) is 0.488. The van der Waals surface area contributed by atoms with E-state index >= 15 is 0 Å². The largest absolute Gasteiger partial charge is 0.355 e. The fraction of sp³-hybridized carbons (Fsp3) is 0.235. The van der Waals surface area contributed by atoms with Crippen molar-refractivity contribution in [3.05, 3.63) is 52.3 Å². The molecule has 0 unspecified atom stereocenters. The summed E-state index contributed by atoms with van der Waals surface area (Å²) < 4.78 is 0. The van der Waals surface area contributed by atoms with E-state index in [-0.39, 0.29) is 37.6 Å². The lowest BCUT2D eigenvalue weighted by Gasteiger charge is -2.21. The van der Waals surface area contributed by atoms with Crippen LogP contribution >= 0.6 is 0 Å². The van der Waals surface area contributed by atoms with Crippen molar-refractivity contribution in [3.8, 4) is 12.1 Å². The van der Waals surface area contributed by atoms with Gasteiger partial charge in [0.05, 0.1) is 29.9 Å². The first-order valence-corrected chi connectivity index (χ1v) is 8.18. The highest BCUT2D eigenvalue weighted by Crippen LogP contribution is 2.31. The van der Waals surface area contributed by atoms with E-state index in [1.807, 2.05) is 12.1 Å². The Balaban J connectivity index is 2.28. The fourth-order valence-electron chi connectivity index (χ4n) is 2.33. The van der Waals surface area contributed by atoms with Crippen LogP contribution in [-0.2, 0) is 0 Å². The van der Waals surface area contributed by atoms with Crippen molar-refractivity contribution in [1.29, 1.82) is 10.5 Å². The van der Waals surface area contributed by atoms with Gasteiger partial charge < -0.3 is 4.90 Å². The second kappa shape index (κ2) is 10.0. The van der Waals surface area contributed by atoms with E-state index in [9.17, 15) is 14.9 Å². The maximum absolute atomic E-state index is 12.1. The molecule has 1 aromatic heterocycles. The van der Waals surface area contributed by atoms with Gasteiger partial charge >= 0.3 is 5.69 Å². The highest BCUT2D eigenvalue weighted by atomic mass is 16.6. The molecule has 0 aliphatic heterocycles. The summed E-state index contributed by atoms with van der Waals surface area (Å²) in [6.07, 6.45) is 1.30. The van der Waals surface area contributed by atoms with Gasteiger partial charge in [0.25, 0.3) is 5.91 Å². The summed E-state index contributed by atoms with van der Waals surface area (Å²) in [4.78, 5) is 32.3. The van der Waals surface area contributed by atoms with Gasteiger partial charge in [-0.25, -0.2) is 9.97 Å². The minimum absolute atomic E-state index is 0.0399. The van der Waals surface area contributed by atoms with Gasteiger partial charge in [-0.1, -0.05) is 18.2 Å². The summed E-state index contributed by atoms with van der Waals surface area (Å²) in [7, 11) is 0. The van der Waals surface area contributed by atoms with E-state index in [0.717, 1.165) is 6.33 Å². The first-order valence-electron chi connectivity index (χ1n) is 8.18. The molecule has 2 rings (SSSR count). The monoisotopic (exact) mass is 380 g/mol. The lowest BCUT2D eigenvalue weighted by atomic mass is 10.2. The van der Waals surface area contributed by atoms with Gasteiger partial charge in [0, 0.05) is 18.7 Å². The van der Waals surface area contributed by atoms with Crippen LogP contribution in [0.5, 0.6) is 0 Å². The number of nitrogens with one attached hydrogen (secondary N) is 2. The fourth-order valence-corrected chi connectivity index (χ4v) is 2.33. The third-order valence-electron chi connectivity index (χ3n) is 3.60. The number of carbonyl (C=O) groups is 1. The van der Waals surface area contributed by atoms with E-state index in [4.69, 9.17) is 10.5 Å². The van der Waals surface area contributed by atoms with Crippen molar-refractivity contribution in [2.45, 2.75) is 12.8 Å². The number of hydrogen-bond donors (Lipinski definition) is 2. The van der Waals surface area contributed by atoms with Crippen molar-refractivity contribution in [2.75, 3.05) is 23.4 Å². The number of anilines is 2. The summed E-state index contributed by atoms with van der Waals surface area (Å²) >= 11 is 0. The minimum Gasteiger partial charge on any atom is -0.349 e. The summed E-state index contributed by atoms with van der Waals surface area (Å²) in [6, 6.07) is 12.2. The molecule has 28 heavy (non-hydrogen) atoms. The molecular formula is C17H16N8O3.